The maximum atomic E-state index is 12.3. The van der Waals surface area contributed by atoms with Crippen molar-refractivity contribution in [1.82, 2.24) is 9.97 Å². The number of benzene rings is 1. The number of hydrogen-bond donors (Lipinski definition) is 1. The highest BCUT2D eigenvalue weighted by molar-refractivity contribution is 7.14. The second kappa shape index (κ2) is 6.57. The molecule has 5 nitrogen and oxygen atoms in total. The van der Waals surface area contributed by atoms with Gasteiger partial charge < -0.3 is 9.72 Å². The first-order valence-electron chi connectivity index (χ1n) is 7.78. The SMILES string of the molecule is CCc1sc(C(=O)O[C@H](C)c2nc3ccccc3c(=O)[nH]2)cc1C. The predicted molar refractivity (Wildman–Crippen MR) is 94.6 cm³/mol. The molecule has 0 fully saturated rings. The van der Waals surface area contributed by atoms with Crippen LogP contribution in [-0.4, -0.2) is 15.9 Å². The van der Waals surface area contributed by atoms with Gasteiger partial charge in [-0.25, -0.2) is 9.78 Å². The van der Waals surface area contributed by atoms with Crippen molar-refractivity contribution in [1.29, 1.82) is 0 Å². The lowest BCUT2D eigenvalue weighted by Gasteiger charge is -2.12. The van der Waals surface area contributed by atoms with Crippen molar-refractivity contribution in [2.24, 2.45) is 0 Å². The number of fused-ring (bicyclic) bond motifs is 1. The number of para-hydroxylation sites is 1. The molecular weight excluding hydrogens is 324 g/mol. The fourth-order valence-electron chi connectivity index (χ4n) is 2.54. The molecule has 24 heavy (non-hydrogen) atoms. The van der Waals surface area contributed by atoms with Gasteiger partial charge >= 0.3 is 5.97 Å². The molecule has 3 rings (SSSR count). The molecule has 0 saturated heterocycles. The summed E-state index contributed by atoms with van der Waals surface area (Å²) < 4.78 is 5.48. The molecule has 1 N–H and O–H groups in total. The minimum absolute atomic E-state index is 0.237. The quantitative estimate of drug-likeness (QED) is 0.733. The highest BCUT2D eigenvalue weighted by Crippen LogP contribution is 2.25. The van der Waals surface area contributed by atoms with Gasteiger partial charge in [-0.1, -0.05) is 19.1 Å². The van der Waals surface area contributed by atoms with Crippen molar-refractivity contribution < 1.29 is 9.53 Å². The molecule has 2 aromatic heterocycles. The van der Waals surface area contributed by atoms with Gasteiger partial charge in [-0.3, -0.25) is 4.79 Å². The monoisotopic (exact) mass is 342 g/mol. The van der Waals surface area contributed by atoms with Crippen LogP contribution in [0, 0.1) is 6.92 Å². The molecule has 6 heteroatoms. The number of aromatic nitrogens is 2. The fourth-order valence-corrected chi connectivity index (χ4v) is 3.54. The number of nitrogens with zero attached hydrogens (tertiary/aromatic N) is 1. The third kappa shape index (κ3) is 3.10. The molecule has 1 aromatic carbocycles. The Bertz CT molecular complexity index is 958. The Morgan fingerprint density at radius 2 is 2.12 bits per heavy atom. The highest BCUT2D eigenvalue weighted by Gasteiger charge is 2.19. The summed E-state index contributed by atoms with van der Waals surface area (Å²) in [6.45, 7) is 5.74. The molecule has 0 aliphatic heterocycles. The number of esters is 1. The van der Waals surface area contributed by atoms with Crippen LogP contribution in [-0.2, 0) is 11.2 Å². The average Bonchev–Trinajstić information content (AvgIpc) is 2.96. The molecule has 0 aliphatic carbocycles. The van der Waals surface area contributed by atoms with Crippen LogP contribution in [0.4, 0.5) is 0 Å². The van der Waals surface area contributed by atoms with Gasteiger partial charge in [-0.15, -0.1) is 11.3 Å². The van der Waals surface area contributed by atoms with E-state index in [0.29, 0.717) is 21.6 Å². The summed E-state index contributed by atoms with van der Waals surface area (Å²) in [6.07, 6.45) is 0.251. The van der Waals surface area contributed by atoms with Crippen LogP contribution in [0.15, 0.2) is 35.1 Å². The Kier molecular flexibility index (Phi) is 4.49. The number of thiophene rings is 1. The molecule has 3 aromatic rings. The van der Waals surface area contributed by atoms with Gasteiger partial charge in [0, 0.05) is 4.88 Å². The number of ether oxygens (including phenoxy) is 1. The number of nitrogens with one attached hydrogen (secondary N) is 1. The Balaban J connectivity index is 1.85. The van der Waals surface area contributed by atoms with E-state index in [1.165, 1.54) is 16.2 Å². The average molecular weight is 342 g/mol. The Morgan fingerprint density at radius 3 is 2.83 bits per heavy atom. The summed E-state index contributed by atoms with van der Waals surface area (Å²) in [4.78, 5) is 33.3. The van der Waals surface area contributed by atoms with Crippen LogP contribution >= 0.6 is 11.3 Å². The van der Waals surface area contributed by atoms with Gasteiger partial charge in [0.2, 0.25) is 0 Å². The van der Waals surface area contributed by atoms with Crippen molar-refractivity contribution in [2.75, 3.05) is 0 Å². The third-order valence-corrected chi connectivity index (χ3v) is 5.20. The molecular formula is C18H18N2O3S. The summed E-state index contributed by atoms with van der Waals surface area (Å²) in [5.41, 5.74) is 1.44. The largest absolute Gasteiger partial charge is 0.450 e. The summed E-state index contributed by atoms with van der Waals surface area (Å²) >= 11 is 1.44. The van der Waals surface area contributed by atoms with E-state index < -0.39 is 12.1 Å². The van der Waals surface area contributed by atoms with Crippen molar-refractivity contribution in [3.63, 3.8) is 0 Å². The fraction of sp³-hybridized carbons (Fsp3) is 0.278. The lowest BCUT2D eigenvalue weighted by atomic mass is 10.2. The number of aromatic amines is 1. The molecule has 0 spiro atoms. The van der Waals surface area contributed by atoms with E-state index in [1.807, 2.05) is 19.1 Å². The summed E-state index contributed by atoms with van der Waals surface area (Å²) in [7, 11) is 0. The van der Waals surface area contributed by atoms with Gasteiger partial charge in [0.15, 0.2) is 11.9 Å². The number of aryl methyl sites for hydroxylation is 2. The molecule has 1 atom stereocenters. The highest BCUT2D eigenvalue weighted by atomic mass is 32.1. The Hall–Kier alpha value is -2.47. The molecule has 0 aliphatic rings. The minimum atomic E-state index is -0.637. The van der Waals surface area contributed by atoms with Crippen LogP contribution in [0.1, 0.15) is 45.9 Å². The van der Waals surface area contributed by atoms with Gasteiger partial charge in [-0.05, 0) is 44.0 Å². The minimum Gasteiger partial charge on any atom is -0.450 e. The number of H-pyrrole nitrogens is 1. The second-order valence-corrected chi connectivity index (χ2v) is 6.72. The Morgan fingerprint density at radius 1 is 1.38 bits per heavy atom. The molecule has 0 unspecified atom stereocenters. The standard InChI is InChI=1S/C18H18N2O3S/c1-4-14-10(2)9-15(24-14)18(22)23-11(3)16-19-13-8-6-5-7-12(13)17(21)20-16/h5-9,11H,4H2,1-3H3,(H,19,20,21)/t11-/m1/s1. The number of carbonyl (C=O) groups excluding carboxylic acids is 1. The lowest BCUT2D eigenvalue weighted by molar-refractivity contribution is 0.0326. The Labute approximate surface area is 143 Å². The first-order chi connectivity index (χ1) is 11.5. The normalized spacial score (nSPS) is 12.3. The van der Waals surface area contributed by atoms with E-state index in [4.69, 9.17) is 4.74 Å². The summed E-state index contributed by atoms with van der Waals surface area (Å²) in [5.74, 6) is -0.0536. The molecule has 0 amide bonds. The zero-order valence-corrected chi connectivity index (χ0v) is 14.6. The van der Waals surface area contributed by atoms with Crippen LogP contribution in [0.2, 0.25) is 0 Å². The summed E-state index contributed by atoms with van der Waals surface area (Å²) in [5, 5.41) is 0.515. The molecule has 0 radical (unpaired) electrons. The van der Waals surface area contributed by atoms with Crippen LogP contribution < -0.4 is 5.56 Å². The van der Waals surface area contributed by atoms with Gasteiger partial charge in [0.25, 0.3) is 5.56 Å². The first kappa shape index (κ1) is 16.4. The smallest absolute Gasteiger partial charge is 0.349 e. The van der Waals surface area contributed by atoms with Crippen molar-refractivity contribution in [3.8, 4) is 0 Å². The number of carbonyl (C=O) groups is 1. The topological polar surface area (TPSA) is 72.0 Å². The van der Waals surface area contributed by atoms with Crippen LogP contribution in [0.3, 0.4) is 0 Å². The zero-order valence-electron chi connectivity index (χ0n) is 13.8. The van der Waals surface area contributed by atoms with Gasteiger partial charge in [-0.2, -0.15) is 0 Å². The van der Waals surface area contributed by atoms with Crippen LogP contribution in [0.5, 0.6) is 0 Å². The van der Waals surface area contributed by atoms with Crippen molar-refractivity contribution in [3.05, 3.63) is 61.8 Å². The van der Waals surface area contributed by atoms with Gasteiger partial charge in [0.05, 0.1) is 10.9 Å². The van der Waals surface area contributed by atoms with Gasteiger partial charge in [0.1, 0.15) is 4.88 Å². The van der Waals surface area contributed by atoms with E-state index in [0.717, 1.165) is 12.0 Å². The van der Waals surface area contributed by atoms with E-state index >= 15 is 0 Å². The molecule has 2 heterocycles. The second-order valence-electron chi connectivity index (χ2n) is 5.59. The van der Waals surface area contributed by atoms with E-state index in [2.05, 4.69) is 16.9 Å². The molecule has 0 saturated carbocycles. The first-order valence-corrected chi connectivity index (χ1v) is 8.60. The molecule has 124 valence electrons. The zero-order chi connectivity index (χ0) is 17.3. The van der Waals surface area contributed by atoms with Crippen molar-refractivity contribution in [2.45, 2.75) is 33.3 Å². The van der Waals surface area contributed by atoms with Crippen LogP contribution in [0.25, 0.3) is 10.9 Å². The maximum absolute atomic E-state index is 12.3. The van der Waals surface area contributed by atoms with E-state index in [9.17, 15) is 9.59 Å². The summed E-state index contributed by atoms with van der Waals surface area (Å²) in [6, 6.07) is 8.92. The van der Waals surface area contributed by atoms with E-state index in [1.54, 1.807) is 25.1 Å². The lowest BCUT2D eigenvalue weighted by Crippen LogP contribution is -2.17. The maximum Gasteiger partial charge on any atom is 0.349 e. The molecule has 0 bridgehead atoms. The third-order valence-electron chi connectivity index (χ3n) is 3.84. The van der Waals surface area contributed by atoms with E-state index in [-0.39, 0.29) is 5.56 Å². The van der Waals surface area contributed by atoms with Crippen molar-refractivity contribution >= 4 is 28.2 Å². The predicted octanol–water partition coefficient (Wildman–Crippen LogP) is 3.77. The number of rotatable bonds is 4. The number of hydrogen-bond acceptors (Lipinski definition) is 5.